The molecule has 0 bridgehead atoms. The summed E-state index contributed by atoms with van der Waals surface area (Å²) in [5.41, 5.74) is 11.1. The first-order valence-electron chi connectivity index (χ1n) is 7.88. The molecule has 1 heterocycles. The van der Waals surface area contributed by atoms with Crippen LogP contribution in [0.5, 0.6) is 0 Å². The zero-order valence-corrected chi connectivity index (χ0v) is 12.3. The second kappa shape index (κ2) is 4.97. The standard InChI is InChI=1S/C19H22N2/c20-19-11-10-16-8-4-5-9-17(16)18(19)13-21(14-19)12-15-6-2-1-3-7-15/h1-9,18H,10-14,20H2. The summed E-state index contributed by atoms with van der Waals surface area (Å²) in [6.45, 7) is 3.11. The number of nitrogens with two attached hydrogens (primary N) is 1. The molecule has 2 heteroatoms. The highest BCUT2D eigenvalue weighted by Crippen LogP contribution is 2.43. The van der Waals surface area contributed by atoms with Gasteiger partial charge in [-0.1, -0.05) is 54.6 Å². The van der Waals surface area contributed by atoms with E-state index in [1.807, 2.05) is 0 Å². The first kappa shape index (κ1) is 13.1. The minimum absolute atomic E-state index is 0.0386. The number of likely N-dealkylation sites (tertiary alicyclic amines) is 1. The van der Waals surface area contributed by atoms with Gasteiger partial charge in [0.15, 0.2) is 0 Å². The summed E-state index contributed by atoms with van der Waals surface area (Å²) >= 11 is 0. The third-order valence-corrected chi connectivity index (χ3v) is 5.19. The lowest BCUT2D eigenvalue weighted by atomic mass is 9.72. The van der Waals surface area contributed by atoms with Crippen LogP contribution < -0.4 is 5.73 Å². The zero-order chi connectivity index (χ0) is 14.3. The van der Waals surface area contributed by atoms with Gasteiger partial charge < -0.3 is 5.73 Å². The number of nitrogens with zero attached hydrogens (tertiary/aromatic N) is 1. The van der Waals surface area contributed by atoms with E-state index in [0.717, 1.165) is 32.5 Å². The van der Waals surface area contributed by atoms with Crippen molar-refractivity contribution < 1.29 is 0 Å². The van der Waals surface area contributed by atoms with E-state index >= 15 is 0 Å². The first-order valence-corrected chi connectivity index (χ1v) is 7.88. The van der Waals surface area contributed by atoms with Crippen molar-refractivity contribution in [2.75, 3.05) is 13.1 Å². The summed E-state index contributed by atoms with van der Waals surface area (Å²) in [6, 6.07) is 19.6. The molecule has 2 aromatic rings. The molecule has 2 aliphatic rings. The molecular weight excluding hydrogens is 256 g/mol. The minimum Gasteiger partial charge on any atom is -0.323 e. The van der Waals surface area contributed by atoms with Gasteiger partial charge in [0.25, 0.3) is 0 Å². The van der Waals surface area contributed by atoms with E-state index in [4.69, 9.17) is 5.73 Å². The molecule has 1 aliphatic heterocycles. The molecule has 1 fully saturated rings. The second-order valence-corrected chi connectivity index (χ2v) is 6.64. The van der Waals surface area contributed by atoms with Crippen LogP contribution in [0.2, 0.25) is 0 Å². The lowest BCUT2D eigenvalue weighted by Crippen LogP contribution is -2.49. The van der Waals surface area contributed by atoms with E-state index in [2.05, 4.69) is 59.5 Å². The highest BCUT2D eigenvalue weighted by molar-refractivity contribution is 5.38. The van der Waals surface area contributed by atoms with Crippen molar-refractivity contribution in [3.63, 3.8) is 0 Å². The molecule has 0 saturated carbocycles. The van der Waals surface area contributed by atoms with Crippen LogP contribution in [0.4, 0.5) is 0 Å². The van der Waals surface area contributed by atoms with Crippen molar-refractivity contribution in [2.45, 2.75) is 30.8 Å². The molecule has 2 nitrogen and oxygen atoms in total. The number of hydrogen-bond acceptors (Lipinski definition) is 2. The van der Waals surface area contributed by atoms with Crippen molar-refractivity contribution in [3.05, 3.63) is 71.3 Å². The number of fused-ring (bicyclic) bond motifs is 3. The molecule has 1 aliphatic carbocycles. The number of hydrogen-bond donors (Lipinski definition) is 1. The van der Waals surface area contributed by atoms with Crippen molar-refractivity contribution >= 4 is 0 Å². The van der Waals surface area contributed by atoms with Gasteiger partial charge in [-0.3, -0.25) is 4.90 Å². The summed E-state index contributed by atoms with van der Waals surface area (Å²) in [7, 11) is 0. The van der Waals surface area contributed by atoms with Gasteiger partial charge in [0, 0.05) is 31.1 Å². The van der Waals surface area contributed by atoms with Crippen LogP contribution in [0.1, 0.15) is 29.0 Å². The molecule has 2 aromatic carbocycles. The van der Waals surface area contributed by atoms with Gasteiger partial charge in [0.2, 0.25) is 0 Å². The average Bonchev–Trinajstić information content (AvgIpc) is 2.85. The summed E-state index contributed by atoms with van der Waals surface area (Å²) in [5, 5.41) is 0. The molecule has 2 unspecified atom stereocenters. The fourth-order valence-corrected chi connectivity index (χ4v) is 4.12. The Morgan fingerprint density at radius 1 is 1.05 bits per heavy atom. The van der Waals surface area contributed by atoms with E-state index in [1.165, 1.54) is 16.7 Å². The Morgan fingerprint density at radius 2 is 1.81 bits per heavy atom. The predicted molar refractivity (Wildman–Crippen MR) is 86.1 cm³/mol. The molecule has 2 atom stereocenters. The van der Waals surface area contributed by atoms with Gasteiger partial charge in [-0.25, -0.2) is 0 Å². The Balaban J connectivity index is 1.59. The van der Waals surface area contributed by atoms with E-state index in [-0.39, 0.29) is 5.54 Å². The van der Waals surface area contributed by atoms with E-state index in [9.17, 15) is 0 Å². The third-order valence-electron chi connectivity index (χ3n) is 5.19. The fraction of sp³-hybridized carbons (Fsp3) is 0.368. The Kier molecular flexibility index (Phi) is 3.09. The smallest absolute Gasteiger partial charge is 0.0368 e. The van der Waals surface area contributed by atoms with Crippen LogP contribution in [0, 0.1) is 0 Å². The maximum Gasteiger partial charge on any atom is 0.0368 e. The van der Waals surface area contributed by atoms with E-state index < -0.39 is 0 Å². The monoisotopic (exact) mass is 278 g/mol. The summed E-state index contributed by atoms with van der Waals surface area (Å²) < 4.78 is 0. The summed E-state index contributed by atoms with van der Waals surface area (Å²) in [4.78, 5) is 2.53. The molecular formula is C19H22N2. The van der Waals surface area contributed by atoms with Crippen molar-refractivity contribution in [1.82, 2.24) is 4.90 Å². The fourth-order valence-electron chi connectivity index (χ4n) is 4.12. The van der Waals surface area contributed by atoms with E-state index in [1.54, 1.807) is 0 Å². The molecule has 0 amide bonds. The largest absolute Gasteiger partial charge is 0.323 e. The van der Waals surface area contributed by atoms with Gasteiger partial charge in [-0.15, -0.1) is 0 Å². The van der Waals surface area contributed by atoms with Gasteiger partial charge in [-0.2, -0.15) is 0 Å². The summed E-state index contributed by atoms with van der Waals surface area (Å²) in [5.74, 6) is 0.492. The molecule has 0 radical (unpaired) electrons. The highest BCUT2D eigenvalue weighted by atomic mass is 15.2. The van der Waals surface area contributed by atoms with Crippen LogP contribution in [-0.2, 0) is 13.0 Å². The van der Waals surface area contributed by atoms with Crippen molar-refractivity contribution in [2.24, 2.45) is 5.73 Å². The highest BCUT2D eigenvalue weighted by Gasteiger charge is 2.46. The average molecular weight is 278 g/mol. The summed E-state index contributed by atoms with van der Waals surface area (Å²) in [6.07, 6.45) is 2.24. The molecule has 2 N–H and O–H groups in total. The Morgan fingerprint density at radius 3 is 2.67 bits per heavy atom. The molecule has 108 valence electrons. The molecule has 4 rings (SSSR count). The molecule has 0 spiro atoms. The number of rotatable bonds is 2. The lowest BCUT2D eigenvalue weighted by molar-refractivity contribution is 0.294. The lowest BCUT2D eigenvalue weighted by Gasteiger charge is -2.36. The van der Waals surface area contributed by atoms with Crippen molar-refractivity contribution in [1.29, 1.82) is 0 Å². The molecule has 0 aromatic heterocycles. The topological polar surface area (TPSA) is 29.3 Å². The molecule has 21 heavy (non-hydrogen) atoms. The van der Waals surface area contributed by atoms with Crippen LogP contribution >= 0.6 is 0 Å². The Hall–Kier alpha value is -1.64. The molecule has 1 saturated heterocycles. The van der Waals surface area contributed by atoms with Gasteiger partial charge in [-0.05, 0) is 29.5 Å². The SMILES string of the molecule is NC12CCc3ccccc3C1CN(Cc1ccccc1)C2. The van der Waals surface area contributed by atoms with E-state index in [0.29, 0.717) is 5.92 Å². The Labute approximate surface area is 126 Å². The zero-order valence-electron chi connectivity index (χ0n) is 12.3. The first-order chi connectivity index (χ1) is 10.2. The Bertz CT molecular complexity index is 637. The second-order valence-electron chi connectivity index (χ2n) is 6.64. The van der Waals surface area contributed by atoms with Crippen LogP contribution in [-0.4, -0.2) is 23.5 Å². The quantitative estimate of drug-likeness (QED) is 0.915. The van der Waals surface area contributed by atoms with Crippen molar-refractivity contribution in [3.8, 4) is 0 Å². The van der Waals surface area contributed by atoms with Gasteiger partial charge >= 0.3 is 0 Å². The maximum absolute atomic E-state index is 6.78. The third kappa shape index (κ3) is 2.29. The van der Waals surface area contributed by atoms with Gasteiger partial charge in [0.1, 0.15) is 0 Å². The normalized spacial score (nSPS) is 28.1. The van der Waals surface area contributed by atoms with Crippen LogP contribution in [0.3, 0.4) is 0 Å². The van der Waals surface area contributed by atoms with Gasteiger partial charge in [0.05, 0.1) is 0 Å². The number of aryl methyl sites for hydroxylation is 1. The maximum atomic E-state index is 6.78. The van der Waals surface area contributed by atoms with Crippen LogP contribution in [0.25, 0.3) is 0 Å². The predicted octanol–water partition coefficient (Wildman–Crippen LogP) is 2.93. The number of benzene rings is 2. The minimum atomic E-state index is -0.0386. The van der Waals surface area contributed by atoms with Crippen LogP contribution in [0.15, 0.2) is 54.6 Å².